The maximum absolute atomic E-state index is 11.7. The zero-order valence-electron chi connectivity index (χ0n) is 9.41. The van der Waals surface area contributed by atoms with Crippen molar-refractivity contribution < 1.29 is 13.5 Å². The van der Waals surface area contributed by atoms with Crippen molar-refractivity contribution in [3.05, 3.63) is 47.1 Å². The largest absolute Gasteiger partial charge is 0.492 e. The summed E-state index contributed by atoms with van der Waals surface area (Å²) in [5.41, 5.74) is 1.22. The Bertz CT molecular complexity index is 815. The molecular formula is C12H7ClN2O3S. The van der Waals surface area contributed by atoms with E-state index in [1.165, 1.54) is 12.1 Å². The molecule has 1 aromatic carbocycles. The maximum Gasteiger partial charge on any atom is 0.286 e. The van der Waals surface area contributed by atoms with E-state index in [0.29, 0.717) is 16.3 Å². The van der Waals surface area contributed by atoms with Crippen LogP contribution in [0.5, 0.6) is 0 Å². The van der Waals surface area contributed by atoms with Gasteiger partial charge in [-0.2, -0.15) is 8.42 Å². The fourth-order valence-corrected chi connectivity index (χ4v) is 3.25. The van der Waals surface area contributed by atoms with Gasteiger partial charge in [0.1, 0.15) is 4.90 Å². The van der Waals surface area contributed by atoms with E-state index in [4.69, 9.17) is 11.6 Å². The number of hydrogen-bond acceptors (Lipinski definition) is 3. The molecular weight excluding hydrogens is 288 g/mol. The number of rotatable bonds is 1. The summed E-state index contributed by atoms with van der Waals surface area (Å²) in [6.45, 7) is 0. The molecule has 3 rings (SSSR count). The Labute approximate surface area is 114 Å². The molecule has 2 heterocycles. The van der Waals surface area contributed by atoms with E-state index in [1.807, 2.05) is 0 Å². The van der Waals surface area contributed by atoms with Gasteiger partial charge in [-0.1, -0.05) is 17.7 Å². The van der Waals surface area contributed by atoms with Crippen molar-refractivity contribution in [3.63, 3.8) is 0 Å². The number of nitrogens with zero attached hydrogens (tertiary/aromatic N) is 2. The molecule has 96 valence electrons. The average Bonchev–Trinajstić information content (AvgIpc) is 2.60. The van der Waals surface area contributed by atoms with Gasteiger partial charge in [0.15, 0.2) is 0 Å². The number of aliphatic hydroxyl groups excluding tert-OH is 1. The van der Waals surface area contributed by atoms with Crippen molar-refractivity contribution in [3.8, 4) is 11.3 Å². The molecule has 0 unspecified atom stereocenters. The second-order valence-corrected chi connectivity index (χ2v) is 5.91. The number of pyridine rings is 1. The molecule has 0 atom stereocenters. The Balaban J connectivity index is 2.23. The van der Waals surface area contributed by atoms with Gasteiger partial charge in [-0.3, -0.25) is 4.98 Å². The monoisotopic (exact) mass is 294 g/mol. The van der Waals surface area contributed by atoms with Gasteiger partial charge in [0.2, 0.25) is 5.90 Å². The normalized spacial score (nSPS) is 15.9. The SMILES string of the molecule is O=S1(=O)N=C(O)c2ccc(-c3ncccc3Cl)cc21. The summed E-state index contributed by atoms with van der Waals surface area (Å²) in [6, 6.07) is 7.88. The molecule has 0 radical (unpaired) electrons. The highest BCUT2D eigenvalue weighted by atomic mass is 35.5. The van der Waals surface area contributed by atoms with Crippen LogP contribution in [-0.4, -0.2) is 24.4 Å². The number of hydrogen-bond donors (Lipinski definition) is 1. The van der Waals surface area contributed by atoms with Crippen LogP contribution in [-0.2, 0) is 10.0 Å². The number of aliphatic hydroxyl groups is 1. The first kappa shape index (κ1) is 12.1. The van der Waals surface area contributed by atoms with Crippen molar-refractivity contribution in [2.75, 3.05) is 0 Å². The third-order valence-electron chi connectivity index (χ3n) is 2.74. The Morgan fingerprint density at radius 3 is 2.74 bits per heavy atom. The van der Waals surface area contributed by atoms with Gasteiger partial charge >= 0.3 is 0 Å². The molecule has 0 saturated heterocycles. The van der Waals surface area contributed by atoms with Crippen LogP contribution < -0.4 is 0 Å². The highest BCUT2D eigenvalue weighted by Gasteiger charge is 2.29. The summed E-state index contributed by atoms with van der Waals surface area (Å²) in [5, 5.41) is 9.88. The molecule has 0 saturated carbocycles. The molecule has 0 aliphatic carbocycles. The van der Waals surface area contributed by atoms with Crippen LogP contribution in [0.2, 0.25) is 5.02 Å². The molecule has 0 bridgehead atoms. The Morgan fingerprint density at radius 1 is 1.21 bits per heavy atom. The van der Waals surface area contributed by atoms with Crippen LogP contribution >= 0.6 is 11.6 Å². The second kappa shape index (κ2) is 4.04. The first-order valence-corrected chi connectivity index (χ1v) is 7.10. The Hall–Kier alpha value is -1.92. The first-order valence-electron chi connectivity index (χ1n) is 5.28. The smallest absolute Gasteiger partial charge is 0.286 e. The zero-order valence-corrected chi connectivity index (χ0v) is 11.0. The van der Waals surface area contributed by atoms with Crippen molar-refractivity contribution >= 4 is 27.5 Å². The standard InChI is InChI=1S/C12H7ClN2O3S/c13-9-2-1-5-14-11(9)7-3-4-8-10(6-7)19(17,18)15-12(8)16/h1-6H,(H,15,16). The number of aromatic nitrogens is 1. The third-order valence-corrected chi connectivity index (χ3v) is 4.35. The summed E-state index contributed by atoms with van der Waals surface area (Å²) >= 11 is 6.02. The summed E-state index contributed by atoms with van der Waals surface area (Å²) < 4.78 is 26.7. The van der Waals surface area contributed by atoms with E-state index in [-0.39, 0.29) is 10.5 Å². The summed E-state index contributed by atoms with van der Waals surface area (Å²) in [4.78, 5) is 4.08. The van der Waals surface area contributed by atoms with Gasteiger partial charge in [0, 0.05) is 11.8 Å². The molecule has 0 fully saturated rings. The maximum atomic E-state index is 11.7. The minimum atomic E-state index is -3.83. The lowest BCUT2D eigenvalue weighted by Gasteiger charge is -2.05. The topological polar surface area (TPSA) is 79.6 Å². The molecule has 1 aromatic heterocycles. The van der Waals surface area contributed by atoms with Gasteiger partial charge in [0.05, 0.1) is 16.3 Å². The van der Waals surface area contributed by atoms with Gasteiger partial charge < -0.3 is 5.11 Å². The molecule has 2 aromatic rings. The molecule has 1 N–H and O–H groups in total. The predicted molar refractivity (Wildman–Crippen MR) is 71.0 cm³/mol. The zero-order chi connectivity index (χ0) is 13.6. The highest BCUT2D eigenvalue weighted by Crippen LogP contribution is 2.32. The van der Waals surface area contributed by atoms with Crippen LogP contribution in [0.1, 0.15) is 5.56 Å². The van der Waals surface area contributed by atoms with E-state index in [2.05, 4.69) is 9.38 Å². The average molecular weight is 295 g/mol. The predicted octanol–water partition coefficient (Wildman–Crippen LogP) is 2.41. The number of benzene rings is 1. The molecule has 7 heteroatoms. The van der Waals surface area contributed by atoms with Crippen LogP contribution in [0.25, 0.3) is 11.3 Å². The van der Waals surface area contributed by atoms with Gasteiger partial charge in [-0.25, -0.2) is 0 Å². The first-order chi connectivity index (χ1) is 8.99. The molecule has 19 heavy (non-hydrogen) atoms. The second-order valence-electron chi connectivity index (χ2n) is 3.93. The fraction of sp³-hybridized carbons (Fsp3) is 0. The Morgan fingerprint density at radius 2 is 2.00 bits per heavy atom. The Kier molecular flexibility index (Phi) is 2.58. The highest BCUT2D eigenvalue weighted by molar-refractivity contribution is 7.90. The van der Waals surface area contributed by atoms with Crippen molar-refractivity contribution in [1.82, 2.24) is 4.98 Å². The van der Waals surface area contributed by atoms with Crippen LogP contribution in [0.15, 0.2) is 45.8 Å². The van der Waals surface area contributed by atoms with Gasteiger partial charge in [-0.15, -0.1) is 4.40 Å². The van der Waals surface area contributed by atoms with Crippen molar-refractivity contribution in [1.29, 1.82) is 0 Å². The minimum Gasteiger partial charge on any atom is -0.492 e. The van der Waals surface area contributed by atoms with E-state index in [1.54, 1.807) is 24.4 Å². The number of fused-ring (bicyclic) bond motifs is 1. The van der Waals surface area contributed by atoms with Crippen molar-refractivity contribution in [2.45, 2.75) is 4.90 Å². The summed E-state index contributed by atoms with van der Waals surface area (Å²) in [5.74, 6) is -0.492. The summed E-state index contributed by atoms with van der Waals surface area (Å²) in [7, 11) is -3.83. The van der Waals surface area contributed by atoms with E-state index >= 15 is 0 Å². The van der Waals surface area contributed by atoms with Gasteiger partial charge in [-0.05, 0) is 24.3 Å². The van der Waals surface area contributed by atoms with Crippen molar-refractivity contribution in [2.24, 2.45) is 4.40 Å². The van der Waals surface area contributed by atoms with Crippen LogP contribution in [0, 0.1) is 0 Å². The van der Waals surface area contributed by atoms with E-state index in [9.17, 15) is 13.5 Å². The lowest BCUT2D eigenvalue weighted by atomic mass is 10.1. The molecule has 1 aliphatic rings. The molecule has 1 aliphatic heterocycles. The van der Waals surface area contributed by atoms with Crippen LogP contribution in [0.3, 0.4) is 0 Å². The number of halogens is 1. The summed E-state index contributed by atoms with van der Waals surface area (Å²) in [6.07, 6.45) is 1.57. The van der Waals surface area contributed by atoms with Gasteiger partial charge in [0.25, 0.3) is 10.0 Å². The molecule has 0 spiro atoms. The molecule has 5 nitrogen and oxygen atoms in total. The fourth-order valence-electron chi connectivity index (χ4n) is 1.88. The van der Waals surface area contributed by atoms with E-state index in [0.717, 1.165) is 0 Å². The number of sulfonamides is 1. The van der Waals surface area contributed by atoms with Crippen LogP contribution in [0.4, 0.5) is 0 Å². The molecule has 0 amide bonds. The van der Waals surface area contributed by atoms with E-state index < -0.39 is 15.9 Å². The lowest BCUT2D eigenvalue weighted by molar-refractivity contribution is 0.556. The third kappa shape index (κ3) is 1.89. The quantitative estimate of drug-likeness (QED) is 0.876. The lowest BCUT2D eigenvalue weighted by Crippen LogP contribution is -1.97. The minimum absolute atomic E-state index is 0.0378.